The van der Waals surface area contributed by atoms with Crippen LogP contribution in [0.15, 0.2) is 24.3 Å². The fraction of sp³-hybridized carbons (Fsp3) is 0.714. The predicted octanol–water partition coefficient (Wildman–Crippen LogP) is 3.05. The second-order valence-electron chi connectivity index (χ2n) is 11.1. The largest absolute Gasteiger partial charge is 0.462 e. The molecule has 10 nitrogen and oxygen atoms in total. The van der Waals surface area contributed by atoms with Crippen molar-refractivity contribution in [2.75, 3.05) is 46.6 Å². The van der Waals surface area contributed by atoms with Crippen molar-refractivity contribution in [3.8, 4) is 0 Å². The van der Waals surface area contributed by atoms with Gasteiger partial charge < -0.3 is 18.9 Å². The Balaban J connectivity index is 2.70. The molecule has 1 aliphatic heterocycles. The predicted molar refractivity (Wildman–Crippen MR) is 143 cm³/mol. The minimum absolute atomic E-state index is 0.0333. The van der Waals surface area contributed by atoms with Crippen LogP contribution >= 0.6 is 0 Å². The van der Waals surface area contributed by atoms with E-state index in [1.807, 2.05) is 0 Å². The molecule has 10 heteroatoms. The third kappa shape index (κ3) is 11.3. The zero-order valence-corrected chi connectivity index (χ0v) is 24.2. The highest BCUT2D eigenvalue weighted by molar-refractivity contribution is 5.87. The van der Waals surface area contributed by atoms with Crippen LogP contribution in [0.3, 0.4) is 0 Å². The molecule has 0 aliphatic carbocycles. The van der Waals surface area contributed by atoms with Gasteiger partial charge in [-0.25, -0.2) is 9.59 Å². The fourth-order valence-corrected chi connectivity index (χ4v) is 4.49. The molecule has 0 N–H and O–H groups in total. The molecular weight excluding hydrogens is 492 g/mol. The van der Waals surface area contributed by atoms with Crippen LogP contribution in [0.25, 0.3) is 0 Å². The first-order valence-corrected chi connectivity index (χ1v) is 13.0. The van der Waals surface area contributed by atoms with Gasteiger partial charge in [-0.15, -0.1) is 0 Å². The molecule has 38 heavy (non-hydrogen) atoms. The second kappa shape index (κ2) is 15.0. The van der Waals surface area contributed by atoms with E-state index in [1.54, 1.807) is 13.8 Å². The molecule has 0 aromatic carbocycles. The van der Waals surface area contributed by atoms with Gasteiger partial charge in [0.15, 0.2) is 0 Å². The maximum Gasteiger partial charge on any atom is 0.333 e. The summed E-state index contributed by atoms with van der Waals surface area (Å²) in [5.41, 5.74) is 0.405. The Morgan fingerprint density at radius 2 is 1.08 bits per heavy atom. The van der Waals surface area contributed by atoms with Crippen LogP contribution in [0.2, 0.25) is 0 Å². The van der Waals surface area contributed by atoms with Crippen LogP contribution in [0, 0.1) is 0 Å². The van der Waals surface area contributed by atoms with Gasteiger partial charge in [0.25, 0.3) is 0 Å². The number of ether oxygens (including phenoxy) is 4. The lowest BCUT2D eigenvalue weighted by molar-refractivity contribution is -0.151. The number of nitrogens with zero attached hydrogens (tertiary/aromatic N) is 2. The van der Waals surface area contributed by atoms with Crippen LogP contribution in [-0.4, -0.2) is 97.4 Å². The molecule has 1 heterocycles. The quantitative estimate of drug-likeness (QED) is 0.133. The van der Waals surface area contributed by atoms with E-state index < -0.39 is 23.9 Å². The molecule has 0 bridgehead atoms. The van der Waals surface area contributed by atoms with Gasteiger partial charge in [0.2, 0.25) is 0 Å². The van der Waals surface area contributed by atoms with Gasteiger partial charge in [-0.1, -0.05) is 13.2 Å². The number of carbonyl (C=O) groups is 4. The highest BCUT2D eigenvalue weighted by Crippen LogP contribution is 2.39. The summed E-state index contributed by atoms with van der Waals surface area (Å²) in [5, 5.41) is 0. The van der Waals surface area contributed by atoms with E-state index in [4.69, 9.17) is 18.9 Å². The average Bonchev–Trinajstić information content (AvgIpc) is 2.81. The number of carbonyl (C=O) groups excluding carboxylic acids is 4. The van der Waals surface area contributed by atoms with Crippen LogP contribution in [0.4, 0.5) is 0 Å². The van der Waals surface area contributed by atoms with E-state index >= 15 is 0 Å². The van der Waals surface area contributed by atoms with Gasteiger partial charge in [-0.2, -0.15) is 0 Å². The van der Waals surface area contributed by atoms with E-state index in [2.05, 4.69) is 57.7 Å². The first-order chi connectivity index (χ1) is 17.6. The third-order valence-electron chi connectivity index (χ3n) is 6.86. The van der Waals surface area contributed by atoms with Crippen molar-refractivity contribution >= 4 is 23.9 Å². The van der Waals surface area contributed by atoms with Crippen molar-refractivity contribution in [1.82, 2.24) is 9.80 Å². The standard InChI is InChI=1S/C28H46N2O8/c1-20(2)25(33)37-16-14-35-23(31)10-12-30(22-18-27(5,6)29(9)28(7,8)19-22)13-11-24(32)36-15-17-38-26(34)21(3)4/h22H,1,3,10-19H2,2,4-9H3. The molecule has 0 amide bonds. The van der Waals surface area contributed by atoms with Gasteiger partial charge in [0, 0.05) is 41.4 Å². The Morgan fingerprint density at radius 1 is 0.737 bits per heavy atom. The van der Waals surface area contributed by atoms with E-state index in [-0.39, 0.29) is 67.5 Å². The first kappa shape index (κ1) is 33.3. The van der Waals surface area contributed by atoms with Gasteiger partial charge in [-0.05, 0) is 61.4 Å². The van der Waals surface area contributed by atoms with Gasteiger partial charge in [-0.3, -0.25) is 19.4 Å². The molecule has 216 valence electrons. The fourth-order valence-electron chi connectivity index (χ4n) is 4.49. The number of piperidine rings is 1. The molecule has 0 aromatic heterocycles. The summed E-state index contributed by atoms with van der Waals surface area (Å²) >= 11 is 0. The van der Waals surface area contributed by atoms with E-state index in [0.717, 1.165) is 12.8 Å². The van der Waals surface area contributed by atoms with Gasteiger partial charge in [0.1, 0.15) is 26.4 Å². The lowest BCUT2D eigenvalue weighted by Crippen LogP contribution is -2.62. The summed E-state index contributed by atoms with van der Waals surface area (Å²) in [6.07, 6.45) is 2.00. The molecular formula is C28H46N2O8. The van der Waals surface area contributed by atoms with Crippen LogP contribution in [-0.2, 0) is 38.1 Å². The topological polar surface area (TPSA) is 112 Å². The molecule has 0 atom stereocenters. The van der Waals surface area contributed by atoms with Crippen molar-refractivity contribution in [3.05, 3.63) is 24.3 Å². The number of likely N-dealkylation sites (tertiary alicyclic amines) is 1. The van der Waals surface area contributed by atoms with E-state index in [0.29, 0.717) is 13.1 Å². The molecule has 0 spiro atoms. The summed E-state index contributed by atoms with van der Waals surface area (Å²) in [6.45, 7) is 19.6. The van der Waals surface area contributed by atoms with Crippen LogP contribution in [0.1, 0.15) is 67.2 Å². The molecule has 0 unspecified atom stereocenters. The van der Waals surface area contributed by atoms with Crippen molar-refractivity contribution < 1.29 is 38.1 Å². The highest BCUT2D eigenvalue weighted by atomic mass is 16.6. The maximum absolute atomic E-state index is 12.4. The highest BCUT2D eigenvalue weighted by Gasteiger charge is 2.44. The molecule has 0 radical (unpaired) electrons. The van der Waals surface area contributed by atoms with E-state index in [1.165, 1.54) is 0 Å². The number of rotatable bonds is 15. The molecule has 1 aliphatic rings. The minimum Gasteiger partial charge on any atom is -0.462 e. The zero-order valence-electron chi connectivity index (χ0n) is 24.2. The molecule has 0 saturated carbocycles. The lowest BCUT2D eigenvalue weighted by Gasteiger charge is -2.55. The smallest absolute Gasteiger partial charge is 0.333 e. The Kier molecular flexibility index (Phi) is 13.2. The van der Waals surface area contributed by atoms with Crippen LogP contribution in [0.5, 0.6) is 0 Å². The Hall–Kier alpha value is -2.72. The summed E-state index contributed by atoms with van der Waals surface area (Å²) in [7, 11) is 2.12. The summed E-state index contributed by atoms with van der Waals surface area (Å²) < 4.78 is 20.3. The molecule has 1 fully saturated rings. The summed E-state index contributed by atoms with van der Waals surface area (Å²) in [6, 6.07) is 0.143. The molecule has 1 rings (SSSR count). The average molecular weight is 539 g/mol. The molecule has 0 aromatic rings. The second-order valence-corrected chi connectivity index (χ2v) is 11.1. The van der Waals surface area contributed by atoms with Crippen molar-refractivity contribution in [1.29, 1.82) is 0 Å². The Bertz CT molecular complexity index is 812. The first-order valence-electron chi connectivity index (χ1n) is 13.0. The normalized spacial score (nSPS) is 16.9. The number of hydrogen-bond donors (Lipinski definition) is 0. The number of hydrogen-bond acceptors (Lipinski definition) is 10. The monoisotopic (exact) mass is 538 g/mol. The van der Waals surface area contributed by atoms with E-state index in [9.17, 15) is 19.2 Å². The minimum atomic E-state index is -0.527. The number of esters is 4. The van der Waals surface area contributed by atoms with Gasteiger partial charge in [0.05, 0.1) is 12.8 Å². The zero-order chi connectivity index (χ0) is 29.1. The third-order valence-corrected chi connectivity index (χ3v) is 6.86. The molecule has 1 saturated heterocycles. The SMILES string of the molecule is C=C(C)C(=O)OCCOC(=O)CCN(CCC(=O)OCCOC(=O)C(=C)C)C1CC(C)(C)N(C)C(C)(C)C1. The Morgan fingerprint density at radius 3 is 1.42 bits per heavy atom. The van der Waals surface area contributed by atoms with Gasteiger partial charge >= 0.3 is 23.9 Å². The maximum atomic E-state index is 12.4. The van der Waals surface area contributed by atoms with Crippen molar-refractivity contribution in [2.45, 2.75) is 84.3 Å². The van der Waals surface area contributed by atoms with Crippen molar-refractivity contribution in [3.63, 3.8) is 0 Å². The van der Waals surface area contributed by atoms with Crippen LogP contribution < -0.4 is 0 Å². The Labute approximate surface area is 227 Å². The summed E-state index contributed by atoms with van der Waals surface area (Å²) in [4.78, 5) is 52.2. The lowest BCUT2D eigenvalue weighted by atomic mass is 9.77. The summed E-state index contributed by atoms with van der Waals surface area (Å²) in [5.74, 6) is -1.87. The van der Waals surface area contributed by atoms with Crippen molar-refractivity contribution in [2.24, 2.45) is 0 Å².